The number of halogens is 4. The summed E-state index contributed by atoms with van der Waals surface area (Å²) in [5.41, 5.74) is 3.86. The van der Waals surface area contributed by atoms with Crippen LogP contribution in [-0.2, 0) is 17.9 Å². The van der Waals surface area contributed by atoms with Crippen LogP contribution in [0.2, 0.25) is 5.02 Å². The Labute approximate surface area is 227 Å². The molecule has 0 saturated carbocycles. The maximum Gasteiger partial charge on any atom is 0.264 e. The Morgan fingerprint density at radius 3 is 2.41 bits per heavy atom. The molecule has 0 fully saturated rings. The first-order valence-electron chi connectivity index (χ1n) is 12.1. The van der Waals surface area contributed by atoms with Gasteiger partial charge in [0.1, 0.15) is 12.4 Å². The minimum atomic E-state index is -2.74. The molecule has 5 aromatic rings. The number of carbonyl (C=O) groups excluding carboxylic acids is 1. The molecule has 11 heteroatoms. The van der Waals surface area contributed by atoms with Crippen molar-refractivity contribution in [1.82, 2.24) is 24.5 Å². The largest absolute Gasteiger partial charge is 0.321 e. The van der Waals surface area contributed by atoms with Gasteiger partial charge in [-0.3, -0.25) is 9.48 Å². The number of nitrogens with zero attached hydrogens (tertiary/aromatic N) is 5. The van der Waals surface area contributed by atoms with Gasteiger partial charge in [-0.15, -0.1) is 0 Å². The molecule has 0 radical (unpaired) electrons. The van der Waals surface area contributed by atoms with Crippen molar-refractivity contribution in [3.63, 3.8) is 0 Å². The van der Waals surface area contributed by atoms with E-state index in [1.165, 1.54) is 22.9 Å². The molecule has 0 atom stereocenters. The first-order valence-corrected chi connectivity index (χ1v) is 12.5. The molecule has 2 aromatic carbocycles. The summed E-state index contributed by atoms with van der Waals surface area (Å²) in [6, 6.07) is 14.5. The summed E-state index contributed by atoms with van der Waals surface area (Å²) in [5, 5.41) is 12.2. The van der Waals surface area contributed by atoms with Gasteiger partial charge in [-0.25, -0.2) is 22.8 Å². The Morgan fingerprint density at radius 2 is 1.72 bits per heavy atom. The van der Waals surface area contributed by atoms with E-state index < -0.39 is 18.1 Å². The molecule has 7 nitrogen and oxygen atoms in total. The number of amides is 1. The number of alkyl halides is 2. The Hall–Kier alpha value is -4.18. The molecular weight excluding hydrogens is 529 g/mol. The Bertz CT molecular complexity index is 1700. The highest BCUT2D eigenvalue weighted by atomic mass is 35.5. The van der Waals surface area contributed by atoms with E-state index in [0.29, 0.717) is 39.6 Å². The lowest BCUT2D eigenvalue weighted by atomic mass is 10.1. The fourth-order valence-corrected chi connectivity index (χ4v) is 4.81. The number of aromatic nitrogens is 5. The van der Waals surface area contributed by atoms with Gasteiger partial charge in [0.15, 0.2) is 5.65 Å². The number of fused-ring (bicyclic) bond motifs is 1. The van der Waals surface area contributed by atoms with Gasteiger partial charge in [0, 0.05) is 16.1 Å². The van der Waals surface area contributed by atoms with Crippen molar-refractivity contribution in [2.45, 2.75) is 40.3 Å². The molecule has 1 amide bonds. The van der Waals surface area contributed by atoms with Gasteiger partial charge in [-0.2, -0.15) is 10.2 Å². The van der Waals surface area contributed by atoms with Gasteiger partial charge < -0.3 is 5.32 Å². The smallest absolute Gasteiger partial charge is 0.264 e. The third-order valence-corrected chi connectivity index (χ3v) is 6.84. The first kappa shape index (κ1) is 26.4. The van der Waals surface area contributed by atoms with Crippen molar-refractivity contribution >= 4 is 34.2 Å². The van der Waals surface area contributed by atoms with Crippen LogP contribution in [0.4, 0.5) is 18.9 Å². The zero-order chi connectivity index (χ0) is 27.8. The summed E-state index contributed by atoms with van der Waals surface area (Å²) < 4.78 is 44.5. The summed E-state index contributed by atoms with van der Waals surface area (Å²) >= 11 is 6.17. The fraction of sp³-hybridized carbons (Fsp3) is 0.214. The van der Waals surface area contributed by atoms with E-state index in [1.807, 2.05) is 6.07 Å². The van der Waals surface area contributed by atoms with Gasteiger partial charge in [-0.05, 0) is 44.5 Å². The van der Waals surface area contributed by atoms with Crippen LogP contribution >= 0.6 is 11.6 Å². The lowest BCUT2D eigenvalue weighted by molar-refractivity contribution is -0.116. The van der Waals surface area contributed by atoms with Gasteiger partial charge >= 0.3 is 0 Å². The normalized spacial score (nSPS) is 11.5. The summed E-state index contributed by atoms with van der Waals surface area (Å²) in [5.74, 6) is -0.854. The monoisotopic (exact) mass is 552 g/mol. The van der Waals surface area contributed by atoms with E-state index in [4.69, 9.17) is 11.6 Å². The van der Waals surface area contributed by atoms with Crippen LogP contribution in [-0.4, -0.2) is 30.5 Å². The minimum absolute atomic E-state index is 0.185. The molecule has 0 aliphatic heterocycles. The first-order chi connectivity index (χ1) is 18.6. The SMILES string of the molecule is Cc1nn(Cc2ccc(F)cc2Cl)c(C)c1NC(=O)Cn1nc(C)c2c(C(F)F)cc(-c3ccccc3)nc21. The molecule has 1 N–H and O–H groups in total. The van der Waals surface area contributed by atoms with Crippen LogP contribution in [0.1, 0.15) is 34.6 Å². The molecule has 0 saturated heterocycles. The standard InChI is InChI=1S/C28H24ClF3N6O/c1-15-25-21(27(31)32)12-23(18-7-5-4-6-8-18)33-28(25)38(35-15)14-24(39)34-26-16(2)36-37(17(26)3)13-19-9-10-20(30)11-22(19)29/h4-12,27H,13-14H2,1-3H3,(H,34,39). The van der Waals surface area contributed by atoms with Crippen LogP contribution in [0.15, 0.2) is 54.6 Å². The Balaban J connectivity index is 1.44. The van der Waals surface area contributed by atoms with Crippen molar-refractivity contribution in [2.75, 3.05) is 5.32 Å². The minimum Gasteiger partial charge on any atom is -0.321 e. The molecular formula is C28H24ClF3N6O. The zero-order valence-electron chi connectivity index (χ0n) is 21.3. The second-order valence-corrected chi connectivity index (χ2v) is 9.60. The lowest BCUT2D eigenvalue weighted by Gasteiger charge is -2.10. The molecule has 0 aliphatic carbocycles. The van der Waals surface area contributed by atoms with Gasteiger partial charge in [0.25, 0.3) is 6.43 Å². The predicted octanol–water partition coefficient (Wildman–Crippen LogP) is 6.64. The zero-order valence-corrected chi connectivity index (χ0v) is 22.1. The number of rotatable bonds is 7. The van der Waals surface area contributed by atoms with Gasteiger partial charge in [-0.1, -0.05) is 48.0 Å². The third kappa shape index (κ3) is 5.24. The van der Waals surface area contributed by atoms with Crippen molar-refractivity contribution in [1.29, 1.82) is 0 Å². The van der Waals surface area contributed by atoms with E-state index in [1.54, 1.807) is 55.8 Å². The Kier molecular flexibility index (Phi) is 7.14. The number of hydrogen-bond donors (Lipinski definition) is 1. The molecule has 3 heterocycles. The van der Waals surface area contributed by atoms with Crippen LogP contribution in [0.25, 0.3) is 22.3 Å². The average molecular weight is 553 g/mol. The molecule has 5 rings (SSSR count). The Morgan fingerprint density at radius 1 is 1.00 bits per heavy atom. The highest BCUT2D eigenvalue weighted by Crippen LogP contribution is 2.33. The number of benzene rings is 2. The second-order valence-electron chi connectivity index (χ2n) is 9.19. The van der Waals surface area contributed by atoms with Crippen LogP contribution < -0.4 is 5.32 Å². The number of anilines is 1. The topological polar surface area (TPSA) is 77.6 Å². The quantitative estimate of drug-likeness (QED) is 0.246. The summed E-state index contributed by atoms with van der Waals surface area (Å²) in [6.45, 7) is 5.20. The number of pyridine rings is 1. The maximum absolute atomic E-state index is 14.0. The maximum atomic E-state index is 14.0. The summed E-state index contributed by atoms with van der Waals surface area (Å²) in [6.07, 6.45) is -2.74. The van der Waals surface area contributed by atoms with Crippen molar-refractivity contribution in [2.24, 2.45) is 0 Å². The molecule has 0 aliphatic rings. The molecule has 3 aromatic heterocycles. The van der Waals surface area contributed by atoms with Crippen LogP contribution in [0.5, 0.6) is 0 Å². The fourth-order valence-electron chi connectivity index (χ4n) is 4.58. The van der Waals surface area contributed by atoms with Crippen LogP contribution in [0, 0.1) is 26.6 Å². The van der Waals surface area contributed by atoms with E-state index in [-0.39, 0.29) is 34.7 Å². The highest BCUT2D eigenvalue weighted by molar-refractivity contribution is 6.31. The predicted molar refractivity (Wildman–Crippen MR) is 144 cm³/mol. The number of hydrogen-bond acceptors (Lipinski definition) is 4. The summed E-state index contributed by atoms with van der Waals surface area (Å²) in [7, 11) is 0. The van der Waals surface area contributed by atoms with Crippen LogP contribution in [0.3, 0.4) is 0 Å². The van der Waals surface area contributed by atoms with Gasteiger partial charge in [0.05, 0.1) is 40.4 Å². The highest BCUT2D eigenvalue weighted by Gasteiger charge is 2.23. The second kappa shape index (κ2) is 10.5. The van der Waals surface area contributed by atoms with E-state index in [0.717, 1.165) is 0 Å². The van der Waals surface area contributed by atoms with Crippen molar-refractivity contribution in [3.05, 3.63) is 93.6 Å². The molecule has 200 valence electrons. The van der Waals surface area contributed by atoms with Gasteiger partial charge in [0.2, 0.25) is 5.91 Å². The number of aryl methyl sites for hydroxylation is 2. The molecule has 0 spiro atoms. The van der Waals surface area contributed by atoms with Crippen molar-refractivity contribution in [3.8, 4) is 11.3 Å². The number of carbonyl (C=O) groups is 1. The average Bonchev–Trinajstić information content (AvgIpc) is 3.35. The third-order valence-electron chi connectivity index (χ3n) is 6.49. The number of nitrogens with one attached hydrogen (secondary N) is 1. The van der Waals surface area contributed by atoms with E-state index in [9.17, 15) is 18.0 Å². The molecule has 39 heavy (non-hydrogen) atoms. The molecule has 0 unspecified atom stereocenters. The molecule has 0 bridgehead atoms. The summed E-state index contributed by atoms with van der Waals surface area (Å²) in [4.78, 5) is 17.7. The van der Waals surface area contributed by atoms with E-state index in [2.05, 4.69) is 20.5 Å². The van der Waals surface area contributed by atoms with E-state index >= 15 is 0 Å². The lowest BCUT2D eigenvalue weighted by Crippen LogP contribution is -2.20. The van der Waals surface area contributed by atoms with Crippen molar-refractivity contribution < 1.29 is 18.0 Å².